The van der Waals surface area contributed by atoms with Crippen LogP contribution >= 0.6 is 0 Å². The number of halogens is 3. The number of piperazine rings is 1. The monoisotopic (exact) mass is 550 g/mol. The number of benzene rings is 2. The molecule has 40 heavy (non-hydrogen) atoms. The summed E-state index contributed by atoms with van der Waals surface area (Å²) in [4.78, 5) is 26.3. The Morgan fingerprint density at radius 3 is 2.70 bits per heavy atom. The summed E-state index contributed by atoms with van der Waals surface area (Å²) in [5, 5.41) is 10.2. The molecular weight excluding hydrogens is 521 g/mol. The molecule has 3 heterocycles. The fourth-order valence-electron chi connectivity index (χ4n) is 5.71. The van der Waals surface area contributed by atoms with E-state index in [1.165, 1.54) is 12.1 Å². The van der Waals surface area contributed by atoms with E-state index in [9.17, 15) is 23.2 Å². The van der Waals surface area contributed by atoms with Gasteiger partial charge in [-0.25, -0.2) is 18.2 Å². The molecule has 1 aliphatic carbocycles. The van der Waals surface area contributed by atoms with Crippen molar-refractivity contribution in [1.29, 1.82) is 5.26 Å². The first-order chi connectivity index (χ1) is 19.1. The summed E-state index contributed by atoms with van der Waals surface area (Å²) in [7, 11) is 1.88. The maximum Gasteiger partial charge on any atom is 0.266 e. The number of rotatable bonds is 4. The Morgan fingerprint density at radius 1 is 1.25 bits per heavy atom. The number of nitrogens with zero attached hydrogens (tertiary/aromatic N) is 6. The predicted octanol–water partition coefficient (Wildman–Crippen LogP) is 4.33. The molecule has 1 aromatic heterocycles. The number of aryl methyl sites for hydroxylation is 2. The summed E-state index contributed by atoms with van der Waals surface area (Å²) in [6, 6.07) is 9.21. The van der Waals surface area contributed by atoms with Gasteiger partial charge in [0.25, 0.3) is 6.43 Å². The zero-order chi connectivity index (χ0) is 28.3. The molecule has 1 saturated heterocycles. The van der Waals surface area contributed by atoms with Crippen LogP contribution in [0.2, 0.25) is 0 Å². The van der Waals surface area contributed by atoms with Crippen molar-refractivity contribution in [3.8, 4) is 11.8 Å². The number of alkyl halides is 2. The number of amides is 1. The van der Waals surface area contributed by atoms with Crippen molar-refractivity contribution in [2.45, 2.75) is 45.2 Å². The first-order valence-electron chi connectivity index (χ1n) is 13.4. The Balaban J connectivity index is 1.39. The molecule has 11 heteroatoms. The standard InChI is InChI=1S/C29H29F3N6O2/c1-16(19-5-4-6-20(25(19)30)26(31)32)34-27-21-11-23-24(12-22(21)36(3)17(2)35-27)40-14-18-13-37(9-10-38(18)23)28(39)29(15-33)7-8-29/h4-6,11-12,16,18,26H,7-10,13-14H2,1-3H3/t16-,18+/m1/s1. The van der Waals surface area contributed by atoms with E-state index in [4.69, 9.17) is 9.73 Å². The molecule has 0 spiro atoms. The molecule has 3 aromatic rings. The average Bonchev–Trinajstić information content (AvgIpc) is 3.75. The number of ether oxygens (including phenoxy) is 1. The Kier molecular flexibility index (Phi) is 6.24. The SMILES string of the molecule is Cc1nc(=N[C@H](C)c2cccc(C(F)F)c2F)c2cc3c(cc2n1C)OC[C@@H]1CN(C(=O)C2(C#N)CC2)CCN31. The summed E-state index contributed by atoms with van der Waals surface area (Å²) < 4.78 is 49.6. The van der Waals surface area contributed by atoms with Crippen molar-refractivity contribution in [2.24, 2.45) is 17.5 Å². The second kappa shape index (κ2) is 9.54. The van der Waals surface area contributed by atoms with Gasteiger partial charge in [-0.1, -0.05) is 18.2 Å². The largest absolute Gasteiger partial charge is 0.489 e. The summed E-state index contributed by atoms with van der Waals surface area (Å²) in [6.07, 6.45) is -1.69. The molecule has 0 radical (unpaired) electrons. The lowest BCUT2D eigenvalue weighted by atomic mass is 10.0. The number of hydrogen-bond acceptors (Lipinski definition) is 6. The van der Waals surface area contributed by atoms with Crippen LogP contribution in [0.1, 0.15) is 49.2 Å². The normalized spacial score (nSPS) is 20.6. The van der Waals surface area contributed by atoms with Crippen LogP contribution in [-0.4, -0.2) is 52.6 Å². The van der Waals surface area contributed by atoms with Crippen molar-refractivity contribution in [1.82, 2.24) is 14.5 Å². The van der Waals surface area contributed by atoms with Crippen LogP contribution in [0.3, 0.4) is 0 Å². The van der Waals surface area contributed by atoms with Crippen LogP contribution in [-0.2, 0) is 11.8 Å². The van der Waals surface area contributed by atoms with Gasteiger partial charge in [0.2, 0.25) is 5.91 Å². The Bertz CT molecular complexity index is 1640. The molecular formula is C29H29F3N6O2. The molecule has 0 unspecified atom stereocenters. The summed E-state index contributed by atoms with van der Waals surface area (Å²) in [5.41, 5.74) is 0.611. The second-order valence-corrected chi connectivity index (χ2v) is 10.8. The van der Waals surface area contributed by atoms with Crippen molar-refractivity contribution >= 4 is 22.5 Å². The number of fused-ring (bicyclic) bond motifs is 4. The number of hydrogen-bond donors (Lipinski definition) is 0. The lowest BCUT2D eigenvalue weighted by Gasteiger charge is -2.46. The molecule has 2 aliphatic heterocycles. The van der Waals surface area contributed by atoms with Gasteiger partial charge in [0.15, 0.2) is 5.49 Å². The highest BCUT2D eigenvalue weighted by Crippen LogP contribution is 2.47. The maximum atomic E-state index is 14.9. The molecule has 1 saturated carbocycles. The highest BCUT2D eigenvalue weighted by atomic mass is 19.3. The van der Waals surface area contributed by atoms with Gasteiger partial charge in [-0.15, -0.1) is 0 Å². The van der Waals surface area contributed by atoms with E-state index in [1.807, 2.05) is 30.7 Å². The van der Waals surface area contributed by atoms with E-state index in [2.05, 4.69) is 16.0 Å². The topological polar surface area (TPSA) is 86.7 Å². The summed E-state index contributed by atoms with van der Waals surface area (Å²) in [6.45, 7) is 5.45. The van der Waals surface area contributed by atoms with Crippen LogP contribution in [0, 0.1) is 29.5 Å². The second-order valence-electron chi connectivity index (χ2n) is 10.8. The highest BCUT2D eigenvalue weighted by Gasteiger charge is 2.53. The van der Waals surface area contributed by atoms with E-state index < -0.39 is 29.3 Å². The van der Waals surface area contributed by atoms with Gasteiger partial charge in [0.1, 0.15) is 29.4 Å². The van der Waals surface area contributed by atoms with E-state index in [1.54, 1.807) is 11.8 Å². The number of carbonyl (C=O) groups excluding carboxylic acids is 1. The third-order valence-corrected chi connectivity index (χ3v) is 8.38. The number of carbonyl (C=O) groups is 1. The van der Waals surface area contributed by atoms with Crippen molar-refractivity contribution < 1.29 is 22.7 Å². The Morgan fingerprint density at radius 2 is 2.00 bits per heavy atom. The summed E-state index contributed by atoms with van der Waals surface area (Å²) in [5.74, 6) is 0.327. The molecule has 3 aliphatic rings. The number of anilines is 1. The van der Waals surface area contributed by atoms with Crippen LogP contribution in [0.5, 0.6) is 5.75 Å². The van der Waals surface area contributed by atoms with Crippen molar-refractivity contribution in [2.75, 3.05) is 31.1 Å². The molecule has 0 N–H and O–H groups in total. The molecule has 2 atom stereocenters. The predicted molar refractivity (Wildman–Crippen MR) is 141 cm³/mol. The zero-order valence-electron chi connectivity index (χ0n) is 22.5. The van der Waals surface area contributed by atoms with E-state index >= 15 is 0 Å². The van der Waals surface area contributed by atoms with Gasteiger partial charge in [-0.3, -0.25) is 9.79 Å². The molecule has 208 valence electrons. The quantitative estimate of drug-likeness (QED) is 0.483. The van der Waals surface area contributed by atoms with E-state index in [-0.39, 0.29) is 17.5 Å². The molecule has 6 rings (SSSR count). The summed E-state index contributed by atoms with van der Waals surface area (Å²) >= 11 is 0. The highest BCUT2D eigenvalue weighted by molar-refractivity contribution is 5.89. The minimum Gasteiger partial charge on any atom is -0.489 e. The smallest absolute Gasteiger partial charge is 0.266 e. The fourth-order valence-corrected chi connectivity index (χ4v) is 5.71. The molecule has 2 fully saturated rings. The van der Waals surface area contributed by atoms with Gasteiger partial charge in [0, 0.05) is 43.7 Å². The number of aromatic nitrogens is 2. The lowest BCUT2D eigenvalue weighted by Crippen LogP contribution is -2.59. The lowest BCUT2D eigenvalue weighted by molar-refractivity contribution is -0.136. The molecule has 1 amide bonds. The van der Waals surface area contributed by atoms with Crippen LogP contribution in [0.25, 0.3) is 10.9 Å². The Labute approximate surface area is 229 Å². The van der Waals surface area contributed by atoms with Crippen LogP contribution in [0.15, 0.2) is 35.3 Å². The van der Waals surface area contributed by atoms with Gasteiger partial charge >= 0.3 is 0 Å². The first kappa shape index (κ1) is 26.2. The molecule has 2 aromatic carbocycles. The van der Waals surface area contributed by atoms with E-state index in [0.29, 0.717) is 61.5 Å². The fraction of sp³-hybridized carbons (Fsp3) is 0.448. The third kappa shape index (κ3) is 4.17. The maximum absolute atomic E-state index is 14.9. The van der Waals surface area contributed by atoms with Gasteiger partial charge in [0.05, 0.1) is 34.9 Å². The third-order valence-electron chi connectivity index (χ3n) is 8.38. The van der Waals surface area contributed by atoms with Crippen LogP contribution in [0.4, 0.5) is 18.9 Å². The van der Waals surface area contributed by atoms with Gasteiger partial charge in [-0.2, -0.15) is 5.26 Å². The molecule has 8 nitrogen and oxygen atoms in total. The van der Waals surface area contributed by atoms with Crippen LogP contribution < -0.4 is 15.1 Å². The zero-order valence-corrected chi connectivity index (χ0v) is 22.5. The van der Waals surface area contributed by atoms with Crippen molar-refractivity contribution in [3.63, 3.8) is 0 Å². The minimum absolute atomic E-state index is 0.0743. The number of nitriles is 1. The van der Waals surface area contributed by atoms with Crippen molar-refractivity contribution in [3.05, 3.63) is 58.6 Å². The first-order valence-corrected chi connectivity index (χ1v) is 13.4. The van der Waals surface area contributed by atoms with E-state index in [0.717, 1.165) is 17.3 Å². The minimum atomic E-state index is -2.92. The van der Waals surface area contributed by atoms with Gasteiger partial charge < -0.3 is 19.1 Å². The average molecular weight is 551 g/mol. The molecule has 0 bridgehead atoms. The Hall–Kier alpha value is -4.07. The van der Waals surface area contributed by atoms with Gasteiger partial charge in [-0.05, 0) is 32.8 Å².